The van der Waals surface area contributed by atoms with Crippen molar-refractivity contribution in [3.63, 3.8) is 0 Å². The predicted molar refractivity (Wildman–Crippen MR) is 109 cm³/mol. The van der Waals surface area contributed by atoms with Crippen molar-refractivity contribution in [3.8, 4) is 11.8 Å². The zero-order chi connectivity index (χ0) is 20.6. The van der Waals surface area contributed by atoms with Gasteiger partial charge in [0.25, 0.3) is 5.91 Å². The molecule has 150 valence electrons. The Hall–Kier alpha value is -3.53. The number of amides is 1. The molecule has 3 rings (SSSR count). The van der Waals surface area contributed by atoms with Crippen LogP contribution in [0, 0.1) is 17.1 Å². The number of hydrogen-bond acceptors (Lipinski definition) is 5. The van der Waals surface area contributed by atoms with Crippen LogP contribution in [0.3, 0.4) is 0 Å². The second-order valence-electron chi connectivity index (χ2n) is 6.68. The number of anilines is 1. The van der Waals surface area contributed by atoms with Crippen LogP contribution in [-0.2, 0) is 11.3 Å². The van der Waals surface area contributed by atoms with Crippen LogP contribution in [0.15, 0.2) is 60.3 Å². The second kappa shape index (κ2) is 9.60. The fourth-order valence-corrected chi connectivity index (χ4v) is 3.10. The number of carbonyl (C=O) groups excluding carboxylic acids is 1. The SMILES string of the molecule is COc1ccc(CNC(=O)/C(C#N)=C/N2CCN(c3ccc(F)cc3)CC2)cc1. The molecule has 1 fully saturated rings. The summed E-state index contributed by atoms with van der Waals surface area (Å²) in [6.07, 6.45) is 1.62. The van der Waals surface area contributed by atoms with Crippen molar-refractivity contribution in [2.24, 2.45) is 0 Å². The third-order valence-corrected chi connectivity index (χ3v) is 4.79. The highest BCUT2D eigenvalue weighted by Gasteiger charge is 2.17. The first-order valence-corrected chi connectivity index (χ1v) is 9.36. The zero-order valence-electron chi connectivity index (χ0n) is 16.3. The van der Waals surface area contributed by atoms with Gasteiger partial charge in [0.15, 0.2) is 0 Å². The Morgan fingerprint density at radius 2 is 1.79 bits per heavy atom. The van der Waals surface area contributed by atoms with Gasteiger partial charge in [0.1, 0.15) is 23.2 Å². The molecule has 0 atom stereocenters. The predicted octanol–water partition coefficient (Wildman–Crippen LogP) is 2.68. The average molecular weight is 394 g/mol. The van der Waals surface area contributed by atoms with Gasteiger partial charge in [-0.25, -0.2) is 4.39 Å². The highest BCUT2D eigenvalue weighted by Crippen LogP contribution is 2.17. The first-order valence-electron chi connectivity index (χ1n) is 9.36. The molecule has 0 bridgehead atoms. The van der Waals surface area contributed by atoms with Gasteiger partial charge in [-0.3, -0.25) is 4.79 Å². The molecule has 1 aliphatic rings. The number of ether oxygens (including phenoxy) is 1. The summed E-state index contributed by atoms with van der Waals surface area (Å²) in [4.78, 5) is 16.5. The van der Waals surface area contributed by atoms with E-state index in [9.17, 15) is 14.4 Å². The van der Waals surface area contributed by atoms with Gasteiger partial charge in [-0.2, -0.15) is 5.26 Å². The van der Waals surface area contributed by atoms with Crippen LogP contribution in [-0.4, -0.2) is 44.1 Å². The number of halogens is 1. The van der Waals surface area contributed by atoms with Crippen molar-refractivity contribution in [2.45, 2.75) is 6.54 Å². The van der Waals surface area contributed by atoms with Crippen LogP contribution >= 0.6 is 0 Å². The molecule has 7 heteroatoms. The highest BCUT2D eigenvalue weighted by molar-refractivity contribution is 5.97. The van der Waals surface area contributed by atoms with Crippen molar-refractivity contribution in [3.05, 3.63) is 71.7 Å². The molecule has 2 aromatic carbocycles. The highest BCUT2D eigenvalue weighted by atomic mass is 19.1. The van der Waals surface area contributed by atoms with E-state index < -0.39 is 5.91 Å². The van der Waals surface area contributed by atoms with E-state index in [0.29, 0.717) is 19.6 Å². The number of rotatable bonds is 6. The summed E-state index contributed by atoms with van der Waals surface area (Å²) in [6, 6.07) is 15.8. The third-order valence-electron chi connectivity index (χ3n) is 4.79. The Bertz CT molecular complexity index is 896. The van der Waals surface area contributed by atoms with E-state index >= 15 is 0 Å². The van der Waals surface area contributed by atoms with Gasteiger partial charge in [0, 0.05) is 44.6 Å². The number of benzene rings is 2. The minimum Gasteiger partial charge on any atom is -0.497 e. The van der Waals surface area contributed by atoms with Gasteiger partial charge in [0.05, 0.1) is 7.11 Å². The fraction of sp³-hybridized carbons (Fsp3) is 0.273. The maximum absolute atomic E-state index is 13.1. The van der Waals surface area contributed by atoms with Gasteiger partial charge in [-0.1, -0.05) is 12.1 Å². The van der Waals surface area contributed by atoms with E-state index in [-0.39, 0.29) is 11.4 Å². The van der Waals surface area contributed by atoms with Crippen LogP contribution in [0.2, 0.25) is 0 Å². The smallest absolute Gasteiger partial charge is 0.263 e. The summed E-state index contributed by atoms with van der Waals surface area (Å²) in [5.41, 5.74) is 1.96. The fourth-order valence-electron chi connectivity index (χ4n) is 3.10. The van der Waals surface area contributed by atoms with Crippen LogP contribution in [0.5, 0.6) is 5.75 Å². The molecule has 1 saturated heterocycles. The van der Waals surface area contributed by atoms with Gasteiger partial charge < -0.3 is 19.9 Å². The van der Waals surface area contributed by atoms with Crippen LogP contribution in [0.25, 0.3) is 0 Å². The molecule has 2 aromatic rings. The maximum Gasteiger partial charge on any atom is 0.263 e. The lowest BCUT2D eigenvalue weighted by Crippen LogP contribution is -2.44. The zero-order valence-corrected chi connectivity index (χ0v) is 16.3. The molecule has 6 nitrogen and oxygen atoms in total. The van der Waals surface area contributed by atoms with Crippen LogP contribution < -0.4 is 15.0 Å². The lowest BCUT2D eigenvalue weighted by Gasteiger charge is -2.35. The number of nitrogens with one attached hydrogen (secondary N) is 1. The number of methoxy groups -OCH3 is 1. The Kier molecular flexibility index (Phi) is 6.69. The lowest BCUT2D eigenvalue weighted by atomic mass is 10.2. The molecule has 0 spiro atoms. The Balaban J connectivity index is 1.53. The lowest BCUT2D eigenvalue weighted by molar-refractivity contribution is -0.117. The van der Waals surface area contributed by atoms with Crippen LogP contribution in [0.4, 0.5) is 10.1 Å². The molecule has 1 aliphatic heterocycles. The summed E-state index contributed by atoms with van der Waals surface area (Å²) in [6.45, 7) is 3.14. The minimum atomic E-state index is -0.399. The first-order chi connectivity index (χ1) is 14.1. The molecule has 1 N–H and O–H groups in total. The van der Waals surface area contributed by atoms with E-state index in [4.69, 9.17) is 4.74 Å². The Morgan fingerprint density at radius 1 is 1.14 bits per heavy atom. The largest absolute Gasteiger partial charge is 0.497 e. The number of nitrogens with zero attached hydrogens (tertiary/aromatic N) is 3. The molecule has 0 aliphatic carbocycles. The minimum absolute atomic E-state index is 0.0775. The normalized spacial score (nSPS) is 14.3. The van der Waals surface area contributed by atoms with Crippen molar-refractivity contribution in [2.75, 3.05) is 38.2 Å². The Labute approximate surface area is 169 Å². The number of hydrogen-bond donors (Lipinski definition) is 1. The van der Waals surface area contributed by atoms with E-state index in [1.54, 1.807) is 25.4 Å². The standard InChI is InChI=1S/C22H23FN4O2/c1-29-21-8-2-17(3-9-21)15-25-22(28)18(14-24)16-26-10-12-27(13-11-26)20-6-4-19(23)5-7-20/h2-9,16H,10-13,15H2,1H3,(H,25,28)/b18-16+. The molecule has 0 unspecified atom stereocenters. The van der Waals surface area contributed by atoms with Gasteiger partial charge in [-0.15, -0.1) is 0 Å². The summed E-state index contributed by atoms with van der Waals surface area (Å²) >= 11 is 0. The van der Waals surface area contributed by atoms with E-state index in [0.717, 1.165) is 30.1 Å². The molecule has 1 amide bonds. The monoisotopic (exact) mass is 394 g/mol. The molecule has 0 saturated carbocycles. The topological polar surface area (TPSA) is 68.6 Å². The summed E-state index contributed by atoms with van der Waals surface area (Å²) in [5.74, 6) is 0.0939. The van der Waals surface area contributed by atoms with Crippen molar-refractivity contribution >= 4 is 11.6 Å². The average Bonchev–Trinajstić information content (AvgIpc) is 2.77. The van der Waals surface area contributed by atoms with E-state index in [2.05, 4.69) is 10.2 Å². The van der Waals surface area contributed by atoms with Crippen LogP contribution in [0.1, 0.15) is 5.56 Å². The molecular weight excluding hydrogens is 371 g/mol. The number of nitriles is 1. The number of piperazine rings is 1. The third kappa shape index (κ3) is 5.48. The summed E-state index contributed by atoms with van der Waals surface area (Å²) in [7, 11) is 1.60. The first kappa shape index (κ1) is 20.2. The van der Waals surface area contributed by atoms with Gasteiger partial charge in [0.2, 0.25) is 0 Å². The molecule has 1 heterocycles. The summed E-state index contributed by atoms with van der Waals surface area (Å²) < 4.78 is 18.2. The van der Waals surface area contributed by atoms with Gasteiger partial charge >= 0.3 is 0 Å². The summed E-state index contributed by atoms with van der Waals surface area (Å²) in [5, 5.41) is 12.2. The maximum atomic E-state index is 13.1. The number of carbonyl (C=O) groups is 1. The molecule has 0 radical (unpaired) electrons. The van der Waals surface area contributed by atoms with E-state index in [1.807, 2.05) is 35.2 Å². The molecular formula is C22H23FN4O2. The van der Waals surface area contributed by atoms with E-state index in [1.165, 1.54) is 12.1 Å². The molecule has 29 heavy (non-hydrogen) atoms. The van der Waals surface area contributed by atoms with Gasteiger partial charge in [-0.05, 0) is 42.0 Å². The van der Waals surface area contributed by atoms with Crippen molar-refractivity contribution in [1.29, 1.82) is 5.26 Å². The molecule has 0 aromatic heterocycles. The van der Waals surface area contributed by atoms with Crippen molar-refractivity contribution in [1.82, 2.24) is 10.2 Å². The van der Waals surface area contributed by atoms with Crippen molar-refractivity contribution < 1.29 is 13.9 Å². The Morgan fingerprint density at radius 3 is 2.38 bits per heavy atom. The quantitative estimate of drug-likeness (QED) is 0.603. The second-order valence-corrected chi connectivity index (χ2v) is 6.68.